The van der Waals surface area contributed by atoms with Gasteiger partial charge in [0.1, 0.15) is 12.4 Å². The molecule has 116 valence electrons. The summed E-state index contributed by atoms with van der Waals surface area (Å²) in [5, 5.41) is 10.2. The number of hydrogen-bond donors (Lipinski definition) is 1. The van der Waals surface area contributed by atoms with Crippen molar-refractivity contribution in [2.45, 2.75) is 25.7 Å². The number of hydrogen-bond acceptors (Lipinski definition) is 1. The zero-order valence-electron chi connectivity index (χ0n) is 13.4. The summed E-state index contributed by atoms with van der Waals surface area (Å²) in [6.07, 6.45) is 19.7. The van der Waals surface area contributed by atoms with Crippen molar-refractivity contribution in [3.05, 3.63) is 54.3 Å². The average Bonchev–Trinajstić information content (AvgIpc) is 2.73. The molecule has 1 aromatic rings. The smallest absolute Gasteiger partial charge is 0.332 e. The first kappa shape index (κ1) is 14.9. The number of aromatic nitrogens is 2. The molecule has 0 radical (unpaired) electrons. The van der Waals surface area contributed by atoms with E-state index in [4.69, 9.17) is 0 Å². The van der Waals surface area contributed by atoms with E-state index in [1.807, 2.05) is 41.7 Å². The number of rotatable bonds is 4. The van der Waals surface area contributed by atoms with Crippen molar-refractivity contribution in [3.8, 4) is 0 Å². The number of nitrogens with zero attached hydrogens (tertiary/aromatic N) is 2. The van der Waals surface area contributed by atoms with Crippen LogP contribution in [0.15, 0.2) is 48.5 Å². The first-order chi connectivity index (χ1) is 10.6. The van der Waals surface area contributed by atoms with E-state index in [9.17, 15) is 5.11 Å². The molecule has 22 heavy (non-hydrogen) atoms. The Morgan fingerprint density at radius 3 is 2.91 bits per heavy atom. The predicted octanol–water partition coefficient (Wildman–Crippen LogP) is 3.45. The number of aliphatic hydroxyl groups is 1. The van der Waals surface area contributed by atoms with Crippen LogP contribution in [0, 0.1) is 17.8 Å². The summed E-state index contributed by atoms with van der Waals surface area (Å²) in [6, 6.07) is 0. The van der Waals surface area contributed by atoms with E-state index in [0.717, 1.165) is 30.5 Å². The Morgan fingerprint density at radius 1 is 1.41 bits per heavy atom. The number of aryl methyl sites for hydroxylation is 2. The van der Waals surface area contributed by atoms with Gasteiger partial charge in [0.2, 0.25) is 0 Å². The topological polar surface area (TPSA) is 29.0 Å². The van der Waals surface area contributed by atoms with E-state index < -0.39 is 0 Å². The van der Waals surface area contributed by atoms with Crippen LogP contribution < -0.4 is 4.57 Å². The fourth-order valence-corrected chi connectivity index (χ4v) is 3.57. The maximum atomic E-state index is 10.2. The van der Waals surface area contributed by atoms with Crippen molar-refractivity contribution >= 4 is 5.76 Å². The Bertz CT molecular complexity index is 633. The molecule has 0 saturated heterocycles. The summed E-state index contributed by atoms with van der Waals surface area (Å²) < 4.78 is 3.79. The normalized spacial score (nSPS) is 28.7. The SMILES string of the molecule is Cn1cc[n+](C)c1C(O)=C=CCCC1/C=C\C=C/C2CC1C2. The van der Waals surface area contributed by atoms with Crippen molar-refractivity contribution in [2.24, 2.45) is 31.8 Å². The van der Waals surface area contributed by atoms with Crippen molar-refractivity contribution < 1.29 is 9.67 Å². The molecule has 3 aliphatic carbocycles. The predicted molar refractivity (Wildman–Crippen MR) is 87.9 cm³/mol. The highest BCUT2D eigenvalue weighted by molar-refractivity contribution is 5.47. The molecule has 3 nitrogen and oxygen atoms in total. The lowest BCUT2D eigenvalue weighted by Crippen LogP contribution is -2.31. The van der Waals surface area contributed by atoms with Crippen LogP contribution in [-0.2, 0) is 14.1 Å². The van der Waals surface area contributed by atoms with E-state index in [0.29, 0.717) is 5.92 Å². The van der Waals surface area contributed by atoms with Gasteiger partial charge in [0.25, 0.3) is 5.76 Å². The van der Waals surface area contributed by atoms with E-state index >= 15 is 0 Å². The number of fused-ring (bicyclic) bond motifs is 2. The Kier molecular flexibility index (Phi) is 4.35. The molecule has 2 bridgehead atoms. The third-order valence-corrected chi connectivity index (χ3v) is 4.95. The Hall–Kier alpha value is -1.99. The second-order valence-corrected chi connectivity index (χ2v) is 6.54. The second-order valence-electron chi connectivity index (χ2n) is 6.54. The van der Waals surface area contributed by atoms with Gasteiger partial charge in [-0.2, -0.15) is 0 Å². The van der Waals surface area contributed by atoms with E-state index in [1.54, 1.807) is 0 Å². The van der Waals surface area contributed by atoms with Gasteiger partial charge < -0.3 is 5.11 Å². The molecule has 0 spiro atoms. The average molecular weight is 297 g/mol. The minimum atomic E-state index is 0.204. The van der Waals surface area contributed by atoms with Crippen molar-refractivity contribution in [1.29, 1.82) is 0 Å². The van der Waals surface area contributed by atoms with Crippen LogP contribution in [0.25, 0.3) is 5.76 Å². The van der Waals surface area contributed by atoms with Crippen molar-refractivity contribution in [2.75, 3.05) is 0 Å². The lowest BCUT2D eigenvalue weighted by Gasteiger charge is -2.39. The molecule has 1 atom stereocenters. The molecule has 0 amide bonds. The summed E-state index contributed by atoms with van der Waals surface area (Å²) in [7, 11) is 3.85. The second kappa shape index (κ2) is 6.41. The zero-order chi connectivity index (χ0) is 15.5. The molecule has 1 saturated carbocycles. The largest absolute Gasteiger partial charge is 0.495 e. The van der Waals surface area contributed by atoms with Gasteiger partial charge in [-0.25, -0.2) is 9.13 Å². The molecule has 1 N–H and O–H groups in total. The molecule has 0 aliphatic heterocycles. The molecule has 1 fully saturated rings. The molecule has 3 aliphatic rings. The van der Waals surface area contributed by atoms with Crippen LogP contribution in [0.4, 0.5) is 0 Å². The summed E-state index contributed by atoms with van der Waals surface area (Å²) in [4.78, 5) is 0. The van der Waals surface area contributed by atoms with Crippen LogP contribution in [0.5, 0.6) is 0 Å². The molecule has 4 rings (SSSR count). The van der Waals surface area contributed by atoms with Crippen LogP contribution in [0.3, 0.4) is 0 Å². The molecular formula is C19H25N2O+. The Balaban J connectivity index is 1.61. The standard InChI is InChI=1S/C19H24N2O/c1-20-11-12-21(2)19(20)18(22)10-6-5-9-16-8-4-3-7-15-13-17(16)14-15/h3-4,6-8,11-12,15-17H,5,9,13-14H2,1-2H3/p+1/b7-3-,8-4-. The van der Waals surface area contributed by atoms with Gasteiger partial charge in [0.15, 0.2) is 0 Å². The number of imidazole rings is 1. The summed E-state index contributed by atoms with van der Waals surface area (Å²) in [6.45, 7) is 0. The quantitative estimate of drug-likeness (QED) is 0.515. The highest BCUT2D eigenvalue weighted by atomic mass is 16.3. The maximum absolute atomic E-state index is 10.2. The van der Waals surface area contributed by atoms with Crippen LogP contribution >= 0.6 is 0 Å². The summed E-state index contributed by atoms with van der Waals surface area (Å²) >= 11 is 0. The van der Waals surface area contributed by atoms with Gasteiger partial charge in [0, 0.05) is 0 Å². The summed E-state index contributed by atoms with van der Waals surface area (Å²) in [5.41, 5.74) is 3.03. The fraction of sp³-hybridized carbons (Fsp3) is 0.474. The minimum absolute atomic E-state index is 0.204. The first-order valence-corrected chi connectivity index (χ1v) is 8.15. The van der Waals surface area contributed by atoms with Gasteiger partial charge in [0.05, 0.1) is 14.1 Å². The molecule has 3 heteroatoms. The summed E-state index contributed by atoms with van der Waals surface area (Å²) in [5.74, 6) is 3.31. The third-order valence-electron chi connectivity index (χ3n) is 4.95. The van der Waals surface area contributed by atoms with Gasteiger partial charge in [-0.3, -0.25) is 0 Å². The minimum Gasteiger partial charge on any atom is -0.495 e. The molecule has 1 unspecified atom stereocenters. The van der Waals surface area contributed by atoms with Crippen molar-refractivity contribution in [1.82, 2.24) is 4.57 Å². The van der Waals surface area contributed by atoms with Crippen LogP contribution in [0.2, 0.25) is 0 Å². The van der Waals surface area contributed by atoms with Gasteiger partial charge >= 0.3 is 5.82 Å². The van der Waals surface area contributed by atoms with E-state index in [-0.39, 0.29) is 5.76 Å². The van der Waals surface area contributed by atoms with Crippen LogP contribution in [0.1, 0.15) is 31.5 Å². The third kappa shape index (κ3) is 3.10. The van der Waals surface area contributed by atoms with Crippen molar-refractivity contribution in [3.63, 3.8) is 0 Å². The van der Waals surface area contributed by atoms with E-state index in [1.165, 1.54) is 12.8 Å². The van der Waals surface area contributed by atoms with E-state index in [2.05, 4.69) is 30.0 Å². The lowest BCUT2D eigenvalue weighted by molar-refractivity contribution is -0.674. The highest BCUT2D eigenvalue weighted by Crippen LogP contribution is 2.43. The lowest BCUT2D eigenvalue weighted by atomic mass is 9.66. The Morgan fingerprint density at radius 2 is 2.18 bits per heavy atom. The van der Waals surface area contributed by atoms with Crippen LogP contribution in [-0.4, -0.2) is 9.67 Å². The fourth-order valence-electron chi connectivity index (χ4n) is 3.57. The Labute approximate surface area is 132 Å². The number of aliphatic hydroxyl groups excluding tert-OH is 1. The monoisotopic (exact) mass is 297 g/mol. The molecular weight excluding hydrogens is 272 g/mol. The molecule has 0 aromatic carbocycles. The first-order valence-electron chi connectivity index (χ1n) is 8.15. The molecule has 1 heterocycles. The van der Waals surface area contributed by atoms with Gasteiger partial charge in [-0.1, -0.05) is 30.0 Å². The van der Waals surface area contributed by atoms with Gasteiger partial charge in [-0.15, -0.1) is 0 Å². The van der Waals surface area contributed by atoms with Gasteiger partial charge in [-0.05, 0) is 49.5 Å². The molecule has 1 aromatic heterocycles. The highest BCUT2D eigenvalue weighted by Gasteiger charge is 2.32. The number of allylic oxidation sites excluding steroid dienone is 5. The maximum Gasteiger partial charge on any atom is 0.332 e. The zero-order valence-corrected chi connectivity index (χ0v) is 13.4.